The Morgan fingerprint density at radius 1 is 1.16 bits per heavy atom. The van der Waals surface area contributed by atoms with Crippen molar-refractivity contribution in [2.45, 2.75) is 25.8 Å². The number of pyridine rings is 1. The van der Waals surface area contributed by atoms with Gasteiger partial charge in [0.25, 0.3) is 0 Å². The minimum Gasteiger partial charge on any atom is -0.481 e. The molecule has 19 heavy (non-hydrogen) atoms. The zero-order valence-electron chi connectivity index (χ0n) is 11.1. The smallest absolute Gasteiger partial charge is 0.212 e. The van der Waals surface area contributed by atoms with Crippen molar-refractivity contribution in [3.63, 3.8) is 0 Å². The first-order valence-electron chi connectivity index (χ1n) is 6.70. The largest absolute Gasteiger partial charge is 0.481 e. The second-order valence-electron chi connectivity index (χ2n) is 4.90. The monoisotopic (exact) mass is 254 g/mol. The molecule has 3 nitrogen and oxygen atoms in total. The maximum Gasteiger partial charge on any atom is 0.212 e. The van der Waals surface area contributed by atoms with Crippen molar-refractivity contribution in [2.75, 3.05) is 12.4 Å². The number of methoxy groups -OCH3 is 1. The van der Waals surface area contributed by atoms with Gasteiger partial charge in [-0.05, 0) is 48.1 Å². The molecule has 0 amide bonds. The van der Waals surface area contributed by atoms with Gasteiger partial charge in [-0.3, -0.25) is 0 Å². The van der Waals surface area contributed by atoms with E-state index in [0.717, 1.165) is 12.1 Å². The van der Waals surface area contributed by atoms with Crippen LogP contribution >= 0.6 is 0 Å². The van der Waals surface area contributed by atoms with Gasteiger partial charge in [-0.1, -0.05) is 12.1 Å². The summed E-state index contributed by atoms with van der Waals surface area (Å²) in [5, 5.41) is 3.45. The van der Waals surface area contributed by atoms with Crippen LogP contribution in [0, 0.1) is 0 Å². The van der Waals surface area contributed by atoms with Crippen LogP contribution in [0.1, 0.15) is 23.1 Å². The molecule has 2 aromatic rings. The van der Waals surface area contributed by atoms with Crippen LogP contribution in [0.5, 0.6) is 5.88 Å². The third-order valence-corrected chi connectivity index (χ3v) is 3.60. The highest BCUT2D eigenvalue weighted by atomic mass is 16.5. The topological polar surface area (TPSA) is 34.1 Å². The highest BCUT2D eigenvalue weighted by molar-refractivity contribution is 5.50. The van der Waals surface area contributed by atoms with E-state index < -0.39 is 0 Å². The SMILES string of the molecule is COc1ccc(CNc2ccc3c(c2)CCC3)cn1. The van der Waals surface area contributed by atoms with Crippen LogP contribution in [0.15, 0.2) is 36.5 Å². The lowest BCUT2D eigenvalue weighted by Crippen LogP contribution is -2.00. The zero-order valence-corrected chi connectivity index (χ0v) is 11.1. The van der Waals surface area contributed by atoms with Crippen molar-refractivity contribution in [2.24, 2.45) is 0 Å². The van der Waals surface area contributed by atoms with Gasteiger partial charge in [0.2, 0.25) is 5.88 Å². The Labute approximate surface area is 113 Å². The summed E-state index contributed by atoms with van der Waals surface area (Å²) in [6, 6.07) is 10.6. The van der Waals surface area contributed by atoms with Crippen LogP contribution < -0.4 is 10.1 Å². The van der Waals surface area contributed by atoms with Gasteiger partial charge in [-0.25, -0.2) is 4.98 Å². The number of nitrogens with zero attached hydrogens (tertiary/aromatic N) is 1. The summed E-state index contributed by atoms with van der Waals surface area (Å²) in [7, 11) is 1.63. The molecule has 0 spiro atoms. The van der Waals surface area contributed by atoms with E-state index in [9.17, 15) is 0 Å². The van der Waals surface area contributed by atoms with Crippen molar-refractivity contribution in [3.05, 3.63) is 53.2 Å². The van der Waals surface area contributed by atoms with Gasteiger partial charge in [0.1, 0.15) is 0 Å². The number of rotatable bonds is 4. The molecular formula is C16H18N2O. The molecule has 1 aromatic heterocycles. The first-order valence-corrected chi connectivity index (χ1v) is 6.70. The first-order chi connectivity index (χ1) is 9.35. The van der Waals surface area contributed by atoms with Gasteiger partial charge in [0.05, 0.1) is 7.11 Å². The molecule has 0 unspecified atom stereocenters. The van der Waals surface area contributed by atoms with Gasteiger partial charge in [-0.15, -0.1) is 0 Å². The molecular weight excluding hydrogens is 236 g/mol. The summed E-state index contributed by atoms with van der Waals surface area (Å²) in [4.78, 5) is 4.21. The minimum absolute atomic E-state index is 0.654. The molecule has 3 rings (SSSR count). The van der Waals surface area contributed by atoms with Crippen molar-refractivity contribution >= 4 is 5.69 Å². The Balaban J connectivity index is 1.65. The lowest BCUT2D eigenvalue weighted by Gasteiger charge is -2.09. The van der Waals surface area contributed by atoms with E-state index in [-0.39, 0.29) is 0 Å². The fourth-order valence-electron chi connectivity index (χ4n) is 2.52. The molecule has 0 aliphatic heterocycles. The molecule has 1 heterocycles. The molecule has 1 N–H and O–H groups in total. The van der Waals surface area contributed by atoms with E-state index in [1.54, 1.807) is 7.11 Å². The predicted molar refractivity (Wildman–Crippen MR) is 76.6 cm³/mol. The van der Waals surface area contributed by atoms with E-state index in [2.05, 4.69) is 28.5 Å². The van der Waals surface area contributed by atoms with Gasteiger partial charge < -0.3 is 10.1 Å². The lowest BCUT2D eigenvalue weighted by atomic mass is 10.1. The molecule has 0 fully saturated rings. The highest BCUT2D eigenvalue weighted by Gasteiger charge is 2.10. The summed E-state index contributed by atoms with van der Waals surface area (Å²) in [6.07, 6.45) is 5.59. The number of nitrogens with one attached hydrogen (secondary N) is 1. The highest BCUT2D eigenvalue weighted by Crippen LogP contribution is 2.25. The van der Waals surface area contributed by atoms with Crippen molar-refractivity contribution in [1.29, 1.82) is 0 Å². The molecule has 1 aliphatic carbocycles. The summed E-state index contributed by atoms with van der Waals surface area (Å²) < 4.78 is 5.05. The van der Waals surface area contributed by atoms with Crippen molar-refractivity contribution in [3.8, 4) is 5.88 Å². The van der Waals surface area contributed by atoms with Gasteiger partial charge in [-0.2, -0.15) is 0 Å². The van der Waals surface area contributed by atoms with Crippen molar-refractivity contribution in [1.82, 2.24) is 4.98 Å². The van der Waals surface area contributed by atoms with Gasteiger partial charge in [0, 0.05) is 24.5 Å². The number of aromatic nitrogens is 1. The number of fused-ring (bicyclic) bond motifs is 1. The Morgan fingerprint density at radius 3 is 2.84 bits per heavy atom. The molecule has 0 radical (unpaired) electrons. The van der Waals surface area contributed by atoms with E-state index in [1.807, 2.05) is 18.3 Å². The summed E-state index contributed by atoms with van der Waals surface area (Å²) in [5.41, 5.74) is 5.35. The van der Waals surface area contributed by atoms with Crippen LogP contribution in [0.3, 0.4) is 0 Å². The quantitative estimate of drug-likeness (QED) is 0.909. The number of benzene rings is 1. The van der Waals surface area contributed by atoms with Crippen LogP contribution in [0.2, 0.25) is 0 Å². The van der Waals surface area contributed by atoms with Crippen LogP contribution in [0.4, 0.5) is 5.69 Å². The second-order valence-corrected chi connectivity index (χ2v) is 4.90. The van der Waals surface area contributed by atoms with Crippen molar-refractivity contribution < 1.29 is 4.74 Å². The number of hydrogen-bond donors (Lipinski definition) is 1. The normalized spacial score (nSPS) is 13.1. The van der Waals surface area contributed by atoms with Gasteiger partial charge in [0.15, 0.2) is 0 Å². The molecule has 1 aromatic carbocycles. The average molecular weight is 254 g/mol. The van der Waals surface area contributed by atoms with E-state index >= 15 is 0 Å². The molecule has 0 saturated carbocycles. The van der Waals surface area contributed by atoms with Crippen LogP contribution in [0.25, 0.3) is 0 Å². The molecule has 1 aliphatic rings. The molecule has 3 heteroatoms. The molecule has 0 bridgehead atoms. The summed E-state index contributed by atoms with van der Waals surface area (Å²) in [5.74, 6) is 0.654. The minimum atomic E-state index is 0.654. The number of ether oxygens (including phenoxy) is 1. The third-order valence-electron chi connectivity index (χ3n) is 3.60. The number of hydrogen-bond acceptors (Lipinski definition) is 3. The van der Waals surface area contributed by atoms with Gasteiger partial charge >= 0.3 is 0 Å². The van der Waals surface area contributed by atoms with E-state index in [0.29, 0.717) is 5.88 Å². The lowest BCUT2D eigenvalue weighted by molar-refractivity contribution is 0.397. The fraction of sp³-hybridized carbons (Fsp3) is 0.312. The number of aryl methyl sites for hydroxylation is 2. The Bertz CT molecular complexity index is 563. The number of anilines is 1. The Hall–Kier alpha value is -2.03. The van der Waals surface area contributed by atoms with Crippen LogP contribution in [-0.2, 0) is 19.4 Å². The molecule has 98 valence electrons. The second kappa shape index (κ2) is 5.31. The predicted octanol–water partition coefficient (Wildman–Crippen LogP) is 3.19. The molecule has 0 atom stereocenters. The Kier molecular flexibility index (Phi) is 3.36. The average Bonchev–Trinajstić information content (AvgIpc) is 2.93. The fourth-order valence-corrected chi connectivity index (χ4v) is 2.52. The Morgan fingerprint density at radius 2 is 2.05 bits per heavy atom. The van der Waals surface area contributed by atoms with E-state index in [4.69, 9.17) is 4.74 Å². The van der Waals surface area contributed by atoms with Crippen LogP contribution in [-0.4, -0.2) is 12.1 Å². The third kappa shape index (κ3) is 2.70. The molecule has 0 saturated heterocycles. The maximum atomic E-state index is 5.05. The zero-order chi connectivity index (χ0) is 13.1. The standard InChI is InChI=1S/C16H18N2O/c1-19-16-8-5-12(11-18-16)10-17-15-7-6-13-3-2-4-14(13)9-15/h5-9,11,17H,2-4,10H2,1H3. The van der Waals surface area contributed by atoms with E-state index in [1.165, 1.54) is 36.1 Å². The summed E-state index contributed by atoms with van der Waals surface area (Å²) in [6.45, 7) is 0.787. The maximum absolute atomic E-state index is 5.05. The first kappa shape index (κ1) is 12.0. The summed E-state index contributed by atoms with van der Waals surface area (Å²) >= 11 is 0.